The van der Waals surface area contributed by atoms with E-state index in [1.54, 1.807) is 0 Å². The third-order valence-electron chi connectivity index (χ3n) is 4.40. The van der Waals surface area contributed by atoms with Crippen LogP contribution in [-0.2, 0) is 6.42 Å². The Morgan fingerprint density at radius 1 is 1.21 bits per heavy atom. The van der Waals surface area contributed by atoms with Gasteiger partial charge in [0.1, 0.15) is 5.82 Å². The highest BCUT2D eigenvalue weighted by atomic mass is 15.3. The molecule has 2 aliphatic rings. The van der Waals surface area contributed by atoms with Crippen molar-refractivity contribution in [2.75, 3.05) is 37.6 Å². The van der Waals surface area contributed by atoms with Crippen molar-refractivity contribution in [1.82, 2.24) is 9.88 Å². The van der Waals surface area contributed by atoms with Gasteiger partial charge in [-0.2, -0.15) is 0 Å². The predicted octanol–water partition coefficient (Wildman–Crippen LogP) is 1.26. The number of anilines is 1. The normalized spacial score (nSPS) is 24.3. The fourth-order valence-corrected chi connectivity index (χ4v) is 3.28. The van der Waals surface area contributed by atoms with E-state index in [1.165, 1.54) is 37.9 Å². The zero-order chi connectivity index (χ0) is 13.1. The van der Waals surface area contributed by atoms with Crippen LogP contribution in [0, 0.1) is 0 Å². The number of hydrogen-bond acceptors (Lipinski definition) is 4. The molecule has 1 unspecified atom stereocenters. The van der Waals surface area contributed by atoms with Crippen molar-refractivity contribution in [3.63, 3.8) is 0 Å². The number of hydrogen-bond donors (Lipinski definition) is 1. The van der Waals surface area contributed by atoms with Gasteiger partial charge in [0.25, 0.3) is 0 Å². The molecule has 19 heavy (non-hydrogen) atoms. The number of piperidine rings is 1. The van der Waals surface area contributed by atoms with E-state index in [4.69, 9.17) is 5.73 Å². The molecule has 0 bridgehead atoms. The first-order valence-electron chi connectivity index (χ1n) is 7.51. The molecule has 0 radical (unpaired) electrons. The molecule has 0 spiro atoms. The lowest BCUT2D eigenvalue weighted by atomic mass is 9.99. The van der Waals surface area contributed by atoms with Crippen molar-refractivity contribution in [1.29, 1.82) is 0 Å². The summed E-state index contributed by atoms with van der Waals surface area (Å²) in [5.74, 6) is 1.13. The number of pyridine rings is 1. The lowest BCUT2D eigenvalue weighted by molar-refractivity contribution is 0.133. The van der Waals surface area contributed by atoms with Crippen LogP contribution in [-0.4, -0.2) is 48.6 Å². The smallest absolute Gasteiger partial charge is 0.128 e. The molecule has 1 aromatic rings. The molecule has 4 heteroatoms. The van der Waals surface area contributed by atoms with Crippen LogP contribution >= 0.6 is 0 Å². The van der Waals surface area contributed by atoms with Crippen LogP contribution in [0.15, 0.2) is 18.3 Å². The summed E-state index contributed by atoms with van der Waals surface area (Å²) in [6.07, 6.45) is 7.02. The maximum Gasteiger partial charge on any atom is 0.128 e. The summed E-state index contributed by atoms with van der Waals surface area (Å²) in [5.41, 5.74) is 6.81. The van der Waals surface area contributed by atoms with E-state index in [2.05, 4.69) is 26.9 Å². The van der Waals surface area contributed by atoms with Crippen molar-refractivity contribution in [3.8, 4) is 0 Å². The quantitative estimate of drug-likeness (QED) is 0.888. The summed E-state index contributed by atoms with van der Waals surface area (Å²) in [7, 11) is 0. The fraction of sp³-hybridized carbons (Fsp3) is 0.667. The van der Waals surface area contributed by atoms with Gasteiger partial charge in [0.15, 0.2) is 0 Å². The Morgan fingerprint density at radius 2 is 2.16 bits per heavy atom. The van der Waals surface area contributed by atoms with E-state index in [0.29, 0.717) is 6.54 Å². The van der Waals surface area contributed by atoms with Crippen LogP contribution in [0.3, 0.4) is 0 Å². The van der Waals surface area contributed by atoms with Crippen molar-refractivity contribution in [2.24, 2.45) is 5.73 Å². The molecule has 0 amide bonds. The van der Waals surface area contributed by atoms with Crippen LogP contribution in [0.2, 0.25) is 0 Å². The van der Waals surface area contributed by atoms with Crippen LogP contribution < -0.4 is 10.6 Å². The first kappa shape index (κ1) is 12.9. The molecule has 2 N–H and O–H groups in total. The zero-order valence-corrected chi connectivity index (χ0v) is 11.6. The number of rotatable bonds is 3. The maximum atomic E-state index is 5.57. The van der Waals surface area contributed by atoms with E-state index < -0.39 is 0 Å². The van der Waals surface area contributed by atoms with Gasteiger partial charge in [-0.25, -0.2) is 4.98 Å². The summed E-state index contributed by atoms with van der Waals surface area (Å²) in [6, 6.07) is 5.07. The molecule has 0 aromatic carbocycles. The van der Waals surface area contributed by atoms with Gasteiger partial charge >= 0.3 is 0 Å². The molecule has 3 heterocycles. The highest BCUT2D eigenvalue weighted by Crippen LogP contribution is 2.23. The third-order valence-corrected chi connectivity index (χ3v) is 4.40. The summed E-state index contributed by atoms with van der Waals surface area (Å²) >= 11 is 0. The minimum absolute atomic E-state index is 0.696. The summed E-state index contributed by atoms with van der Waals surface area (Å²) < 4.78 is 0. The Bertz CT molecular complexity index is 403. The van der Waals surface area contributed by atoms with Crippen molar-refractivity contribution < 1.29 is 0 Å². The molecule has 2 aliphatic heterocycles. The van der Waals surface area contributed by atoms with Gasteiger partial charge in [-0.05, 0) is 44.0 Å². The van der Waals surface area contributed by atoms with Gasteiger partial charge in [0.05, 0.1) is 0 Å². The lowest BCUT2D eigenvalue weighted by Gasteiger charge is -2.44. The number of aromatic nitrogens is 1. The fourth-order valence-electron chi connectivity index (χ4n) is 3.28. The highest BCUT2D eigenvalue weighted by molar-refractivity contribution is 5.40. The second kappa shape index (κ2) is 5.88. The Hall–Kier alpha value is -1.13. The second-order valence-electron chi connectivity index (χ2n) is 5.69. The Balaban J connectivity index is 1.65. The van der Waals surface area contributed by atoms with Crippen LogP contribution in [0.1, 0.15) is 24.8 Å². The maximum absolute atomic E-state index is 5.57. The Kier molecular flexibility index (Phi) is 3.99. The average Bonchev–Trinajstić information content (AvgIpc) is 2.48. The van der Waals surface area contributed by atoms with Gasteiger partial charge in [-0.1, -0.05) is 12.5 Å². The molecule has 1 atom stereocenters. The standard InChI is InChI=1S/C15H24N4/c16-7-6-13-4-5-15(17-11-13)19-10-9-18-8-2-1-3-14(18)12-19/h4-5,11,14H,1-3,6-10,12,16H2. The molecule has 1 aromatic heterocycles. The summed E-state index contributed by atoms with van der Waals surface area (Å²) in [5, 5.41) is 0. The van der Waals surface area contributed by atoms with Gasteiger partial charge < -0.3 is 10.6 Å². The topological polar surface area (TPSA) is 45.4 Å². The highest BCUT2D eigenvalue weighted by Gasteiger charge is 2.29. The molecular formula is C15H24N4. The van der Waals surface area contributed by atoms with E-state index in [0.717, 1.165) is 31.4 Å². The van der Waals surface area contributed by atoms with E-state index >= 15 is 0 Å². The number of piperazine rings is 1. The number of fused-ring (bicyclic) bond motifs is 1. The molecule has 2 fully saturated rings. The third kappa shape index (κ3) is 2.90. The monoisotopic (exact) mass is 260 g/mol. The van der Waals surface area contributed by atoms with E-state index in [9.17, 15) is 0 Å². The minimum Gasteiger partial charge on any atom is -0.354 e. The van der Waals surface area contributed by atoms with Crippen LogP contribution in [0.5, 0.6) is 0 Å². The van der Waals surface area contributed by atoms with Gasteiger partial charge in [0.2, 0.25) is 0 Å². The Morgan fingerprint density at radius 3 is 2.95 bits per heavy atom. The molecule has 2 saturated heterocycles. The average molecular weight is 260 g/mol. The summed E-state index contributed by atoms with van der Waals surface area (Å²) in [6.45, 7) is 5.43. The van der Waals surface area contributed by atoms with Crippen LogP contribution in [0.4, 0.5) is 5.82 Å². The number of nitrogens with two attached hydrogens (primary N) is 1. The minimum atomic E-state index is 0.696. The predicted molar refractivity (Wildman–Crippen MR) is 78.4 cm³/mol. The van der Waals surface area contributed by atoms with Crippen molar-refractivity contribution in [2.45, 2.75) is 31.7 Å². The van der Waals surface area contributed by atoms with Gasteiger partial charge in [-0.15, -0.1) is 0 Å². The number of nitrogens with zero attached hydrogens (tertiary/aromatic N) is 3. The van der Waals surface area contributed by atoms with Gasteiger partial charge in [0, 0.05) is 31.9 Å². The molecule has 0 saturated carbocycles. The van der Waals surface area contributed by atoms with Gasteiger partial charge in [-0.3, -0.25) is 4.90 Å². The zero-order valence-electron chi connectivity index (χ0n) is 11.6. The molecular weight excluding hydrogens is 236 g/mol. The Labute approximate surface area is 115 Å². The van der Waals surface area contributed by atoms with Crippen molar-refractivity contribution >= 4 is 5.82 Å². The largest absolute Gasteiger partial charge is 0.354 e. The second-order valence-corrected chi connectivity index (χ2v) is 5.69. The SMILES string of the molecule is NCCc1ccc(N2CCN3CCCCC3C2)nc1. The van der Waals surface area contributed by atoms with Crippen molar-refractivity contribution in [3.05, 3.63) is 23.9 Å². The lowest BCUT2D eigenvalue weighted by Crippen LogP contribution is -2.55. The molecule has 3 rings (SSSR count). The first-order chi connectivity index (χ1) is 9.36. The first-order valence-corrected chi connectivity index (χ1v) is 7.51. The molecule has 104 valence electrons. The molecule has 4 nitrogen and oxygen atoms in total. The van der Waals surface area contributed by atoms with Crippen LogP contribution in [0.25, 0.3) is 0 Å². The molecule has 0 aliphatic carbocycles. The van der Waals surface area contributed by atoms with E-state index in [1.807, 2.05) is 6.20 Å². The summed E-state index contributed by atoms with van der Waals surface area (Å²) in [4.78, 5) is 9.71. The van der Waals surface area contributed by atoms with E-state index in [-0.39, 0.29) is 0 Å².